The molecule has 98 valence electrons. The zero-order chi connectivity index (χ0) is 13.1. The quantitative estimate of drug-likeness (QED) is 0.336. The average Bonchev–Trinajstić information content (AvgIpc) is 2.30. The number of hydrogen-bond donors (Lipinski definition) is 0. The van der Waals surface area contributed by atoms with E-state index < -0.39 is 0 Å². The third kappa shape index (κ3) is 9.30. The third-order valence-electron chi connectivity index (χ3n) is 2.98. The molecule has 0 aromatic carbocycles. The molecule has 1 atom stereocenters. The normalized spacial score (nSPS) is 12.1. The van der Waals surface area contributed by atoms with E-state index in [1.54, 1.807) is 0 Å². The van der Waals surface area contributed by atoms with E-state index in [4.69, 9.17) is 4.65 Å². The Morgan fingerprint density at radius 2 is 1.76 bits per heavy atom. The Hall–Kier alpha value is -0.415. The Morgan fingerprint density at radius 3 is 2.29 bits per heavy atom. The maximum absolute atomic E-state index is 5.86. The van der Waals surface area contributed by atoms with Gasteiger partial charge in [-0.25, -0.2) is 0 Å². The van der Waals surface area contributed by atoms with Crippen molar-refractivity contribution in [3.63, 3.8) is 0 Å². The Balaban J connectivity index is 4.00. The van der Waals surface area contributed by atoms with Crippen molar-refractivity contribution in [3.05, 3.63) is 0 Å². The van der Waals surface area contributed by atoms with E-state index in [0.717, 1.165) is 12.8 Å². The molecule has 0 spiro atoms. The lowest BCUT2D eigenvalue weighted by Crippen LogP contribution is -2.25. The van der Waals surface area contributed by atoms with Gasteiger partial charge in [0.25, 0.3) is 0 Å². The summed E-state index contributed by atoms with van der Waals surface area (Å²) < 4.78 is 5.86. The number of unbranched alkanes of at least 4 members (excludes halogenated alkanes) is 4. The number of rotatable bonds is 8. The van der Waals surface area contributed by atoms with E-state index in [2.05, 4.69) is 46.4 Å². The highest BCUT2D eigenvalue weighted by atomic mass is 16.4. The molecule has 0 aliphatic heterocycles. The highest BCUT2D eigenvalue weighted by Gasteiger charge is 2.21. The molecule has 1 unspecified atom stereocenters. The molecule has 2 heteroatoms. The first-order chi connectivity index (χ1) is 8.11. The Morgan fingerprint density at radius 1 is 1.06 bits per heavy atom. The fourth-order valence-electron chi connectivity index (χ4n) is 1.63. The standard InChI is InChI=1S/C15H29BO/c1-6-8-9-10-11-12-13-16(15(5)7-2)17-14(3)4/h14-15H,6-11H2,1-5H3. The maximum atomic E-state index is 5.86. The molecule has 0 saturated carbocycles. The number of hydrogen-bond acceptors (Lipinski definition) is 1. The van der Waals surface area contributed by atoms with Crippen molar-refractivity contribution < 1.29 is 4.65 Å². The molecular formula is C15H29BO. The SMILES string of the molecule is CCCCCCC#CB(OC(C)C)C(C)CC. The molecule has 0 heterocycles. The molecule has 0 rings (SSSR count). The van der Waals surface area contributed by atoms with Crippen molar-refractivity contribution in [2.75, 3.05) is 0 Å². The Bertz CT molecular complexity index is 227. The first-order valence-corrected chi connectivity index (χ1v) is 7.25. The predicted octanol–water partition coefficient (Wildman–Crippen LogP) is 4.72. The summed E-state index contributed by atoms with van der Waals surface area (Å²) in [5.41, 5.74) is 0. The van der Waals surface area contributed by atoms with Crippen molar-refractivity contribution >= 4 is 6.92 Å². The molecule has 0 aliphatic carbocycles. The molecule has 0 saturated heterocycles. The largest absolute Gasteiger partial charge is 0.422 e. The summed E-state index contributed by atoms with van der Waals surface area (Å²) in [6.45, 7) is 10.9. The van der Waals surface area contributed by atoms with Crippen LogP contribution in [-0.2, 0) is 4.65 Å². The molecule has 17 heavy (non-hydrogen) atoms. The van der Waals surface area contributed by atoms with E-state index in [-0.39, 0.29) is 13.0 Å². The van der Waals surface area contributed by atoms with Gasteiger partial charge in [-0.05, 0) is 26.1 Å². The van der Waals surface area contributed by atoms with Gasteiger partial charge in [0.2, 0.25) is 0 Å². The molecule has 1 nitrogen and oxygen atoms in total. The van der Waals surface area contributed by atoms with Gasteiger partial charge in [0, 0.05) is 12.5 Å². The predicted molar refractivity (Wildman–Crippen MR) is 78.2 cm³/mol. The van der Waals surface area contributed by atoms with Gasteiger partial charge in [-0.1, -0.05) is 46.5 Å². The third-order valence-corrected chi connectivity index (χ3v) is 2.98. The van der Waals surface area contributed by atoms with E-state index >= 15 is 0 Å². The fourth-order valence-corrected chi connectivity index (χ4v) is 1.63. The van der Waals surface area contributed by atoms with Gasteiger partial charge in [0.05, 0.1) is 0 Å². The Kier molecular flexibility index (Phi) is 10.5. The van der Waals surface area contributed by atoms with Crippen molar-refractivity contribution in [1.29, 1.82) is 0 Å². The van der Waals surface area contributed by atoms with E-state index in [0.29, 0.717) is 5.82 Å². The average molecular weight is 236 g/mol. The monoisotopic (exact) mass is 236 g/mol. The van der Waals surface area contributed by atoms with Crippen LogP contribution >= 0.6 is 0 Å². The maximum Gasteiger partial charge on any atom is 0.382 e. The van der Waals surface area contributed by atoms with Crippen LogP contribution in [0.25, 0.3) is 0 Å². The zero-order valence-corrected chi connectivity index (χ0v) is 12.4. The second-order valence-electron chi connectivity index (χ2n) is 5.12. The van der Waals surface area contributed by atoms with E-state index in [9.17, 15) is 0 Å². The molecule has 0 radical (unpaired) electrons. The molecule has 0 aromatic heterocycles. The summed E-state index contributed by atoms with van der Waals surface area (Å²) in [7, 11) is 0. The van der Waals surface area contributed by atoms with E-state index in [1.807, 2.05) is 0 Å². The molecular weight excluding hydrogens is 207 g/mol. The smallest absolute Gasteiger partial charge is 0.382 e. The van der Waals surface area contributed by atoms with Crippen LogP contribution in [0, 0.1) is 11.7 Å². The lowest BCUT2D eigenvalue weighted by Gasteiger charge is -2.17. The first kappa shape index (κ1) is 16.6. The first-order valence-electron chi connectivity index (χ1n) is 7.25. The molecule has 0 bridgehead atoms. The molecule has 0 aromatic rings. The lowest BCUT2D eigenvalue weighted by molar-refractivity contribution is 0.243. The van der Waals surface area contributed by atoms with Crippen LogP contribution in [0.3, 0.4) is 0 Å². The van der Waals surface area contributed by atoms with Gasteiger partial charge in [0.1, 0.15) is 0 Å². The van der Waals surface area contributed by atoms with E-state index in [1.165, 1.54) is 25.7 Å². The van der Waals surface area contributed by atoms with Gasteiger partial charge in [-0.2, -0.15) is 0 Å². The minimum Gasteiger partial charge on any atom is -0.422 e. The minimum atomic E-state index is 0.117. The summed E-state index contributed by atoms with van der Waals surface area (Å²) in [5.74, 6) is 7.12. The summed E-state index contributed by atoms with van der Waals surface area (Å²) >= 11 is 0. The van der Waals surface area contributed by atoms with Crippen LogP contribution in [0.4, 0.5) is 0 Å². The van der Waals surface area contributed by atoms with Crippen LogP contribution in [0.5, 0.6) is 0 Å². The summed E-state index contributed by atoms with van der Waals surface area (Å²) in [6.07, 6.45) is 7.58. The fraction of sp³-hybridized carbons (Fsp3) is 0.867. The Labute approximate surface area is 109 Å². The molecule has 0 fully saturated rings. The van der Waals surface area contributed by atoms with Crippen molar-refractivity contribution in [2.24, 2.45) is 0 Å². The second-order valence-corrected chi connectivity index (χ2v) is 5.12. The van der Waals surface area contributed by atoms with Crippen LogP contribution in [0.15, 0.2) is 0 Å². The van der Waals surface area contributed by atoms with Gasteiger partial charge in [-0.15, -0.1) is 11.7 Å². The van der Waals surface area contributed by atoms with Crippen LogP contribution in [0.2, 0.25) is 5.82 Å². The lowest BCUT2D eigenvalue weighted by atomic mass is 9.56. The van der Waals surface area contributed by atoms with Crippen LogP contribution < -0.4 is 0 Å². The van der Waals surface area contributed by atoms with Crippen molar-refractivity contribution in [1.82, 2.24) is 0 Å². The van der Waals surface area contributed by atoms with Crippen LogP contribution in [0.1, 0.15) is 73.1 Å². The minimum absolute atomic E-state index is 0.117. The molecule has 0 N–H and O–H groups in total. The van der Waals surface area contributed by atoms with Gasteiger partial charge in [0.15, 0.2) is 0 Å². The summed E-state index contributed by atoms with van der Waals surface area (Å²) in [5, 5.41) is 0. The molecule has 0 amide bonds. The van der Waals surface area contributed by atoms with Gasteiger partial charge >= 0.3 is 6.92 Å². The highest BCUT2D eigenvalue weighted by molar-refractivity contribution is 6.62. The zero-order valence-electron chi connectivity index (χ0n) is 12.4. The topological polar surface area (TPSA) is 9.23 Å². The van der Waals surface area contributed by atoms with Crippen molar-refractivity contribution in [2.45, 2.75) is 85.1 Å². The van der Waals surface area contributed by atoms with Gasteiger partial charge in [-0.3, -0.25) is 0 Å². The summed E-state index contributed by atoms with van der Waals surface area (Å²) in [6, 6.07) is 0. The molecule has 0 aliphatic rings. The summed E-state index contributed by atoms with van der Waals surface area (Å²) in [4.78, 5) is 0. The van der Waals surface area contributed by atoms with Gasteiger partial charge < -0.3 is 4.65 Å². The highest BCUT2D eigenvalue weighted by Crippen LogP contribution is 2.15. The van der Waals surface area contributed by atoms with Crippen molar-refractivity contribution in [3.8, 4) is 11.7 Å². The second kappa shape index (κ2) is 10.7. The van der Waals surface area contributed by atoms with Crippen LogP contribution in [-0.4, -0.2) is 13.0 Å².